The minimum atomic E-state index is -1.12. The first-order chi connectivity index (χ1) is 11.7. The van der Waals surface area contributed by atoms with Crippen molar-refractivity contribution in [2.24, 2.45) is 5.73 Å². The van der Waals surface area contributed by atoms with E-state index in [0.29, 0.717) is 0 Å². The summed E-state index contributed by atoms with van der Waals surface area (Å²) in [5.41, 5.74) is 6.20. The second-order valence-electron chi connectivity index (χ2n) is 5.03. The number of hydrogen-bond donors (Lipinski definition) is 2. The Bertz CT molecular complexity index is 841. The molecule has 3 N–H and O–H groups in total. The van der Waals surface area contributed by atoms with Crippen LogP contribution in [0.15, 0.2) is 30.3 Å². The van der Waals surface area contributed by atoms with Crippen LogP contribution in [0.3, 0.4) is 0 Å². The first kappa shape index (κ1) is 19.8. The van der Waals surface area contributed by atoms with E-state index in [1.807, 2.05) is 0 Å². The van der Waals surface area contributed by atoms with Crippen LogP contribution < -0.4 is 10.5 Å². The average Bonchev–Trinajstić information content (AvgIpc) is 2.51. The van der Waals surface area contributed by atoms with E-state index in [1.54, 1.807) is 0 Å². The first-order valence-electron chi connectivity index (χ1n) is 6.82. The molecule has 5 nitrogen and oxygen atoms in total. The highest BCUT2D eigenvalue weighted by molar-refractivity contribution is 6.42. The van der Waals surface area contributed by atoms with Crippen LogP contribution in [0.2, 0.25) is 20.1 Å². The Hall–Kier alpha value is -1.50. The summed E-state index contributed by atoms with van der Waals surface area (Å²) in [5.74, 6) is -1.94. The Morgan fingerprint density at radius 1 is 1.04 bits per heavy atom. The van der Waals surface area contributed by atoms with Crippen molar-refractivity contribution in [1.82, 2.24) is 0 Å². The number of ether oxygens (including phenoxy) is 1. The van der Waals surface area contributed by atoms with E-state index in [1.165, 1.54) is 30.3 Å². The zero-order chi connectivity index (χ0) is 18.7. The number of carboxylic acid groups (broad SMARTS) is 1. The molecule has 132 valence electrons. The number of nitrogens with two attached hydrogens (primary N) is 1. The molecule has 9 heteroatoms. The van der Waals surface area contributed by atoms with Crippen LogP contribution in [-0.2, 0) is 4.79 Å². The zero-order valence-electron chi connectivity index (χ0n) is 12.4. The number of rotatable bonds is 5. The summed E-state index contributed by atoms with van der Waals surface area (Å²) in [7, 11) is 0. The summed E-state index contributed by atoms with van der Waals surface area (Å²) in [5, 5.41) is 9.63. The van der Waals surface area contributed by atoms with Crippen LogP contribution in [0.1, 0.15) is 28.4 Å². The number of benzene rings is 2. The monoisotopic (exact) mass is 421 g/mol. The molecule has 0 fully saturated rings. The van der Waals surface area contributed by atoms with Gasteiger partial charge in [-0.1, -0.05) is 46.4 Å². The van der Waals surface area contributed by atoms with E-state index in [4.69, 9.17) is 62.0 Å². The molecule has 0 aliphatic carbocycles. The Morgan fingerprint density at radius 3 is 2.32 bits per heavy atom. The predicted octanol–water partition coefficient (Wildman–Crippen LogP) is 4.99. The van der Waals surface area contributed by atoms with Crippen LogP contribution in [0.4, 0.5) is 0 Å². The highest BCUT2D eigenvalue weighted by Crippen LogP contribution is 2.37. The predicted molar refractivity (Wildman–Crippen MR) is 97.1 cm³/mol. The smallest absolute Gasteiger partial charge is 0.343 e. The summed E-state index contributed by atoms with van der Waals surface area (Å²) in [6, 6.07) is 6.01. The number of halogens is 4. The number of carboxylic acids is 1. The summed E-state index contributed by atoms with van der Waals surface area (Å²) in [4.78, 5) is 23.2. The van der Waals surface area contributed by atoms with Gasteiger partial charge in [-0.2, -0.15) is 0 Å². The van der Waals surface area contributed by atoms with Gasteiger partial charge < -0.3 is 15.6 Å². The Labute approximate surface area is 163 Å². The van der Waals surface area contributed by atoms with Crippen molar-refractivity contribution in [1.29, 1.82) is 0 Å². The minimum Gasteiger partial charge on any atom is -0.481 e. The van der Waals surface area contributed by atoms with Gasteiger partial charge in [0.25, 0.3) is 0 Å². The Morgan fingerprint density at radius 2 is 1.72 bits per heavy atom. The second-order valence-corrected chi connectivity index (χ2v) is 6.69. The maximum Gasteiger partial charge on any atom is 0.343 e. The zero-order valence-corrected chi connectivity index (χ0v) is 15.5. The maximum absolute atomic E-state index is 12.3. The summed E-state index contributed by atoms with van der Waals surface area (Å²) in [6.45, 7) is 0. The van der Waals surface area contributed by atoms with Crippen LogP contribution in [0, 0.1) is 0 Å². The van der Waals surface area contributed by atoms with Crippen molar-refractivity contribution in [2.75, 3.05) is 0 Å². The molecular formula is C16H11Cl4NO4. The molecule has 2 rings (SSSR count). The van der Waals surface area contributed by atoms with Crippen molar-refractivity contribution in [2.45, 2.75) is 12.5 Å². The van der Waals surface area contributed by atoms with Gasteiger partial charge in [-0.3, -0.25) is 4.79 Å². The van der Waals surface area contributed by atoms with Gasteiger partial charge >= 0.3 is 11.9 Å². The van der Waals surface area contributed by atoms with Crippen LogP contribution in [0.5, 0.6) is 5.75 Å². The van der Waals surface area contributed by atoms with E-state index in [9.17, 15) is 9.59 Å². The van der Waals surface area contributed by atoms with Crippen molar-refractivity contribution in [3.05, 3.63) is 61.5 Å². The topological polar surface area (TPSA) is 89.6 Å². The van der Waals surface area contributed by atoms with Crippen LogP contribution in [-0.4, -0.2) is 17.0 Å². The molecule has 0 aliphatic heterocycles. The van der Waals surface area contributed by atoms with E-state index in [0.717, 1.165) is 0 Å². The quantitative estimate of drug-likeness (QED) is 0.523. The standard InChI is InChI=1S/C16H11Cl4NO4/c17-8-4-9(13(21)6-14(22)23)15(12(20)5-8)25-16(24)7-1-2-10(18)11(19)3-7/h1-5,13H,6,21H2,(H,22,23). The molecule has 0 spiro atoms. The van der Waals surface area contributed by atoms with Gasteiger partial charge in [0.15, 0.2) is 5.75 Å². The molecule has 0 bridgehead atoms. The van der Waals surface area contributed by atoms with Gasteiger partial charge in [0.1, 0.15) is 0 Å². The van der Waals surface area contributed by atoms with Gasteiger partial charge in [-0.15, -0.1) is 0 Å². The molecule has 0 saturated heterocycles. The molecule has 1 atom stereocenters. The molecule has 0 saturated carbocycles. The minimum absolute atomic E-state index is 0.0248. The molecule has 0 aromatic heterocycles. The fraction of sp³-hybridized carbons (Fsp3) is 0.125. The lowest BCUT2D eigenvalue weighted by Gasteiger charge is -2.17. The van der Waals surface area contributed by atoms with Crippen LogP contribution >= 0.6 is 46.4 Å². The molecule has 2 aromatic carbocycles. The Kier molecular flexibility index (Phi) is 6.54. The van der Waals surface area contributed by atoms with Gasteiger partial charge in [-0.25, -0.2) is 4.79 Å². The van der Waals surface area contributed by atoms with Gasteiger partial charge in [0, 0.05) is 16.6 Å². The lowest BCUT2D eigenvalue weighted by atomic mass is 10.0. The van der Waals surface area contributed by atoms with E-state index in [-0.39, 0.29) is 37.0 Å². The largest absolute Gasteiger partial charge is 0.481 e. The molecule has 0 heterocycles. The number of esters is 1. The molecule has 2 aromatic rings. The lowest BCUT2D eigenvalue weighted by Crippen LogP contribution is -2.18. The summed E-state index contributed by atoms with van der Waals surface area (Å²) >= 11 is 23.7. The Balaban J connectivity index is 2.39. The van der Waals surface area contributed by atoms with Gasteiger partial charge in [0.2, 0.25) is 0 Å². The molecule has 0 aliphatic rings. The van der Waals surface area contributed by atoms with Gasteiger partial charge in [0.05, 0.1) is 27.1 Å². The second kappa shape index (κ2) is 8.25. The number of carbonyl (C=O) groups is 2. The third-order valence-corrected chi connectivity index (χ3v) is 4.42. The third kappa shape index (κ3) is 5.00. The van der Waals surface area contributed by atoms with Gasteiger partial charge in [-0.05, 0) is 30.3 Å². The van der Waals surface area contributed by atoms with Crippen molar-refractivity contribution < 1.29 is 19.4 Å². The molecular weight excluding hydrogens is 412 g/mol. The average molecular weight is 423 g/mol. The lowest BCUT2D eigenvalue weighted by molar-refractivity contribution is -0.137. The normalized spacial score (nSPS) is 11.9. The molecule has 0 radical (unpaired) electrons. The molecule has 25 heavy (non-hydrogen) atoms. The number of carbonyl (C=O) groups excluding carboxylic acids is 1. The SMILES string of the molecule is NC(CC(=O)O)c1cc(Cl)cc(Cl)c1OC(=O)c1ccc(Cl)c(Cl)c1. The highest BCUT2D eigenvalue weighted by Gasteiger charge is 2.22. The van der Waals surface area contributed by atoms with E-state index < -0.39 is 24.4 Å². The fourth-order valence-corrected chi connectivity index (χ4v) is 2.88. The van der Waals surface area contributed by atoms with E-state index in [2.05, 4.69) is 0 Å². The molecule has 0 amide bonds. The number of aliphatic carboxylic acids is 1. The highest BCUT2D eigenvalue weighted by atomic mass is 35.5. The molecule has 1 unspecified atom stereocenters. The summed E-state index contributed by atoms with van der Waals surface area (Å²) < 4.78 is 5.31. The van der Waals surface area contributed by atoms with Crippen molar-refractivity contribution in [3.63, 3.8) is 0 Å². The maximum atomic E-state index is 12.3. The fourth-order valence-electron chi connectivity index (χ4n) is 2.04. The third-order valence-electron chi connectivity index (χ3n) is 3.18. The first-order valence-corrected chi connectivity index (χ1v) is 8.33. The van der Waals surface area contributed by atoms with Crippen molar-refractivity contribution >= 4 is 58.3 Å². The van der Waals surface area contributed by atoms with Crippen LogP contribution in [0.25, 0.3) is 0 Å². The van der Waals surface area contributed by atoms with Crippen molar-refractivity contribution in [3.8, 4) is 5.75 Å². The number of hydrogen-bond acceptors (Lipinski definition) is 4. The summed E-state index contributed by atoms with van der Waals surface area (Å²) in [6.07, 6.45) is -0.395. The van der Waals surface area contributed by atoms with E-state index >= 15 is 0 Å².